The zero-order chi connectivity index (χ0) is 30.6. The maximum absolute atomic E-state index is 12.3. The lowest BCUT2D eigenvalue weighted by atomic mass is 10.0. The summed E-state index contributed by atoms with van der Waals surface area (Å²) in [6, 6.07) is 7.24. The molecule has 1 aromatic carbocycles. The summed E-state index contributed by atoms with van der Waals surface area (Å²) in [5.74, 6) is -2.09. The molecule has 0 radical (unpaired) electrons. The van der Waals surface area contributed by atoms with Gasteiger partial charge < -0.3 is 35.6 Å². The Morgan fingerprint density at radius 1 is 1.10 bits per heavy atom. The summed E-state index contributed by atoms with van der Waals surface area (Å²) in [5, 5.41) is 21.9. The molecule has 4 atom stereocenters. The smallest absolute Gasteiger partial charge is 0.410 e. The number of carbonyl (C=O) groups is 4. The monoisotopic (exact) mass is 565 g/mol. The third kappa shape index (κ3) is 12.3. The summed E-state index contributed by atoms with van der Waals surface area (Å²) in [6.45, 7) is 13.4. The molecule has 5 N–H and O–H groups in total. The zero-order valence-corrected chi connectivity index (χ0v) is 24.8. The van der Waals surface area contributed by atoms with Gasteiger partial charge in [-0.3, -0.25) is 9.59 Å². The standard InChI is InChI=1S/C17H30N2O6.C12H17NO2/c1-10(2)9-11(15(22)23)18-14(21)13(20)12-7-6-8-19(12)16(24)25-17(3,4)5;1-9(2)11(13)12(14)15-8-10-6-4-3-5-7-10/h10-13,20H,6-9H2,1-5H3,(H,18,21)(H,22,23);3-7,9,11H,8,13H2,1-2H3/t11-,12?,13?;11-/m10/s1. The van der Waals surface area contributed by atoms with Crippen LogP contribution in [0.5, 0.6) is 0 Å². The molecule has 2 amide bonds. The van der Waals surface area contributed by atoms with Crippen molar-refractivity contribution in [3.05, 3.63) is 35.9 Å². The van der Waals surface area contributed by atoms with Gasteiger partial charge in [0.1, 0.15) is 24.3 Å². The van der Waals surface area contributed by atoms with Gasteiger partial charge >= 0.3 is 18.0 Å². The molecule has 1 fully saturated rings. The number of carbonyl (C=O) groups excluding carboxylic acids is 3. The summed E-state index contributed by atoms with van der Waals surface area (Å²) >= 11 is 0. The first-order chi connectivity index (χ1) is 18.5. The van der Waals surface area contributed by atoms with E-state index in [-0.39, 0.29) is 24.2 Å². The lowest BCUT2D eigenvalue weighted by molar-refractivity contribution is -0.147. The Hall–Kier alpha value is -3.18. The van der Waals surface area contributed by atoms with Crippen LogP contribution in [0.1, 0.15) is 73.3 Å². The van der Waals surface area contributed by atoms with Crippen LogP contribution in [0.2, 0.25) is 0 Å². The number of benzene rings is 1. The average molecular weight is 566 g/mol. The summed E-state index contributed by atoms with van der Waals surface area (Å²) in [7, 11) is 0. The molecule has 0 aromatic heterocycles. The van der Waals surface area contributed by atoms with E-state index in [9.17, 15) is 29.4 Å². The van der Waals surface area contributed by atoms with E-state index in [1.807, 2.05) is 58.0 Å². The van der Waals surface area contributed by atoms with Crippen LogP contribution in [0, 0.1) is 11.8 Å². The molecule has 0 bridgehead atoms. The van der Waals surface area contributed by atoms with Gasteiger partial charge in [-0.25, -0.2) is 9.59 Å². The number of esters is 1. The second-order valence-corrected chi connectivity index (χ2v) is 11.7. The Labute approximate surface area is 237 Å². The highest BCUT2D eigenvalue weighted by atomic mass is 16.6. The van der Waals surface area contributed by atoms with Gasteiger partial charge in [-0.05, 0) is 57.4 Å². The van der Waals surface area contributed by atoms with Crippen molar-refractivity contribution in [2.24, 2.45) is 17.6 Å². The van der Waals surface area contributed by atoms with Crippen molar-refractivity contribution in [2.75, 3.05) is 6.54 Å². The topological polar surface area (TPSA) is 168 Å². The molecule has 0 saturated carbocycles. The molecule has 0 aliphatic carbocycles. The van der Waals surface area contributed by atoms with Crippen LogP contribution >= 0.6 is 0 Å². The molecule has 2 unspecified atom stereocenters. The fourth-order valence-corrected chi connectivity index (χ4v) is 3.89. The minimum atomic E-state index is -1.50. The van der Waals surface area contributed by atoms with E-state index in [1.54, 1.807) is 20.8 Å². The fourth-order valence-electron chi connectivity index (χ4n) is 3.89. The highest BCUT2D eigenvalue weighted by Crippen LogP contribution is 2.23. The molecule has 2 rings (SSSR count). The molecule has 226 valence electrons. The lowest BCUT2D eigenvalue weighted by Crippen LogP contribution is -2.53. The molecule has 1 aliphatic rings. The second-order valence-electron chi connectivity index (χ2n) is 11.7. The van der Waals surface area contributed by atoms with Crippen LogP contribution in [-0.2, 0) is 30.5 Å². The van der Waals surface area contributed by atoms with Crippen molar-refractivity contribution >= 4 is 23.9 Å². The predicted molar refractivity (Wildman–Crippen MR) is 150 cm³/mol. The number of carboxylic acid groups (broad SMARTS) is 1. The van der Waals surface area contributed by atoms with Crippen LogP contribution in [0.15, 0.2) is 30.3 Å². The predicted octanol–water partition coefficient (Wildman–Crippen LogP) is 3.08. The number of ether oxygens (including phenoxy) is 2. The number of nitrogens with one attached hydrogen (secondary N) is 1. The number of likely N-dealkylation sites (tertiary alicyclic amines) is 1. The average Bonchev–Trinajstić information content (AvgIpc) is 3.35. The van der Waals surface area contributed by atoms with Crippen LogP contribution in [0.4, 0.5) is 4.79 Å². The number of hydrogen-bond acceptors (Lipinski definition) is 8. The van der Waals surface area contributed by atoms with Crippen molar-refractivity contribution in [1.82, 2.24) is 10.2 Å². The maximum atomic E-state index is 12.3. The number of carboxylic acids is 1. The van der Waals surface area contributed by atoms with Gasteiger partial charge in [0.15, 0.2) is 6.10 Å². The third-order valence-corrected chi connectivity index (χ3v) is 6.10. The Morgan fingerprint density at radius 2 is 1.70 bits per heavy atom. The number of aliphatic carboxylic acids is 1. The molecule has 1 heterocycles. The minimum Gasteiger partial charge on any atom is -0.480 e. The summed E-state index contributed by atoms with van der Waals surface area (Å²) < 4.78 is 10.4. The van der Waals surface area contributed by atoms with Gasteiger partial charge in [-0.1, -0.05) is 58.0 Å². The first kappa shape index (κ1) is 34.8. The van der Waals surface area contributed by atoms with E-state index in [0.717, 1.165) is 5.56 Å². The maximum Gasteiger partial charge on any atom is 0.410 e. The molecular weight excluding hydrogens is 518 g/mol. The SMILES string of the molecule is CC(C)C[C@@H](NC(=O)C(O)C1CCCN1C(=O)OC(C)(C)C)C(=O)O.CC(C)[C@H](N)C(=O)OCc1ccccc1. The molecule has 1 saturated heterocycles. The van der Waals surface area contributed by atoms with E-state index in [4.69, 9.17) is 15.2 Å². The minimum absolute atomic E-state index is 0.0725. The first-order valence-electron chi connectivity index (χ1n) is 13.7. The number of aliphatic hydroxyl groups excluding tert-OH is 1. The van der Waals surface area contributed by atoms with Crippen molar-refractivity contribution < 1.29 is 38.9 Å². The van der Waals surface area contributed by atoms with Crippen molar-refractivity contribution in [3.63, 3.8) is 0 Å². The number of rotatable bonds is 10. The number of aliphatic hydroxyl groups is 1. The fraction of sp³-hybridized carbons (Fsp3) is 0.655. The highest BCUT2D eigenvalue weighted by molar-refractivity contribution is 5.87. The van der Waals surface area contributed by atoms with Crippen molar-refractivity contribution in [1.29, 1.82) is 0 Å². The number of hydrogen-bond donors (Lipinski definition) is 4. The molecular formula is C29H47N3O8. The van der Waals surface area contributed by atoms with Crippen LogP contribution < -0.4 is 11.1 Å². The summed E-state index contributed by atoms with van der Waals surface area (Å²) in [5.41, 5.74) is 5.95. The molecule has 40 heavy (non-hydrogen) atoms. The molecule has 0 spiro atoms. The number of nitrogens with two attached hydrogens (primary N) is 1. The first-order valence-corrected chi connectivity index (χ1v) is 13.7. The summed E-state index contributed by atoms with van der Waals surface area (Å²) in [6.07, 6.45) is -0.727. The van der Waals surface area contributed by atoms with Crippen molar-refractivity contribution in [3.8, 4) is 0 Å². The van der Waals surface area contributed by atoms with Gasteiger partial charge in [0.25, 0.3) is 5.91 Å². The quantitative estimate of drug-likeness (QED) is 0.312. The highest BCUT2D eigenvalue weighted by Gasteiger charge is 2.40. The third-order valence-electron chi connectivity index (χ3n) is 6.10. The second kappa shape index (κ2) is 16.2. The van der Waals surface area contributed by atoms with E-state index in [1.165, 1.54) is 4.90 Å². The van der Waals surface area contributed by atoms with E-state index < -0.39 is 47.8 Å². The van der Waals surface area contributed by atoms with Crippen LogP contribution in [-0.4, -0.2) is 75.4 Å². The van der Waals surface area contributed by atoms with Crippen molar-refractivity contribution in [2.45, 2.75) is 104 Å². The van der Waals surface area contributed by atoms with Crippen LogP contribution in [0.3, 0.4) is 0 Å². The van der Waals surface area contributed by atoms with Gasteiger partial charge in [0, 0.05) is 6.54 Å². The Balaban J connectivity index is 0.000000453. The van der Waals surface area contributed by atoms with Crippen LogP contribution in [0.25, 0.3) is 0 Å². The zero-order valence-electron chi connectivity index (χ0n) is 24.8. The van der Waals surface area contributed by atoms with Gasteiger partial charge in [0.05, 0.1) is 6.04 Å². The molecule has 11 nitrogen and oxygen atoms in total. The number of amides is 2. The molecule has 1 aromatic rings. The Kier molecular flexibility index (Phi) is 14.1. The van der Waals surface area contributed by atoms with Gasteiger partial charge in [-0.15, -0.1) is 0 Å². The van der Waals surface area contributed by atoms with Gasteiger partial charge in [-0.2, -0.15) is 0 Å². The van der Waals surface area contributed by atoms with E-state index in [0.29, 0.717) is 26.0 Å². The Bertz CT molecular complexity index is 962. The van der Waals surface area contributed by atoms with Gasteiger partial charge in [0.2, 0.25) is 0 Å². The summed E-state index contributed by atoms with van der Waals surface area (Å²) in [4.78, 5) is 48.5. The lowest BCUT2D eigenvalue weighted by Gasteiger charge is -2.31. The molecule has 11 heteroatoms. The van der Waals surface area contributed by atoms with E-state index in [2.05, 4.69) is 5.32 Å². The van der Waals surface area contributed by atoms with E-state index >= 15 is 0 Å². The largest absolute Gasteiger partial charge is 0.480 e. The Morgan fingerprint density at radius 3 is 2.20 bits per heavy atom. The normalized spacial score (nSPS) is 17.4. The number of nitrogens with zero attached hydrogens (tertiary/aromatic N) is 1. The molecule has 1 aliphatic heterocycles.